The molecule has 0 saturated carbocycles. The van der Waals surface area contributed by atoms with E-state index in [4.69, 9.17) is 0 Å². The molecular weight excluding hydrogens is 184 g/mol. The highest BCUT2D eigenvalue weighted by Crippen LogP contribution is 2.03. The van der Waals surface area contributed by atoms with Crippen LogP contribution in [-0.4, -0.2) is 14.7 Å². The van der Waals surface area contributed by atoms with Gasteiger partial charge in [-0.3, -0.25) is 0 Å². The number of hydrogen-bond acceptors (Lipinski definition) is 2. The van der Waals surface area contributed by atoms with E-state index in [0.717, 1.165) is 11.8 Å². The first-order valence-electron chi connectivity index (χ1n) is 4.06. The standard InChI is InChI=1S/C8H12O2S.C2H6/c1-7(2)5-6-8(3)11(4,9)10;1-2/h5-6H,1,3H2,2,4H3;1-2H3/b6-5-;. The minimum absolute atomic E-state index is 0.112. The van der Waals surface area contributed by atoms with Gasteiger partial charge in [-0.1, -0.05) is 38.7 Å². The molecule has 0 saturated heterocycles. The molecule has 3 heteroatoms. The fourth-order valence-electron chi connectivity index (χ4n) is 0.359. The van der Waals surface area contributed by atoms with Gasteiger partial charge in [-0.05, 0) is 13.0 Å². The van der Waals surface area contributed by atoms with E-state index in [1.807, 2.05) is 13.8 Å². The Morgan fingerprint density at radius 3 is 1.77 bits per heavy atom. The van der Waals surface area contributed by atoms with E-state index in [2.05, 4.69) is 13.2 Å². The minimum Gasteiger partial charge on any atom is -0.224 e. The first kappa shape index (κ1) is 14.7. The Morgan fingerprint density at radius 2 is 1.54 bits per heavy atom. The molecule has 0 spiro atoms. The van der Waals surface area contributed by atoms with E-state index in [9.17, 15) is 8.42 Å². The van der Waals surface area contributed by atoms with Crippen LogP contribution in [0.25, 0.3) is 0 Å². The van der Waals surface area contributed by atoms with Crippen LogP contribution in [0.15, 0.2) is 35.8 Å². The van der Waals surface area contributed by atoms with E-state index in [0.29, 0.717) is 0 Å². The average Bonchev–Trinajstić information content (AvgIpc) is 2.02. The topological polar surface area (TPSA) is 34.1 Å². The summed E-state index contributed by atoms with van der Waals surface area (Å²) >= 11 is 0. The van der Waals surface area contributed by atoms with E-state index >= 15 is 0 Å². The van der Waals surface area contributed by atoms with Crippen molar-refractivity contribution in [2.45, 2.75) is 20.8 Å². The predicted octanol–water partition coefficient (Wildman–Crippen LogP) is 2.70. The molecule has 0 N–H and O–H groups in total. The summed E-state index contributed by atoms with van der Waals surface area (Å²) in [6.07, 6.45) is 4.18. The number of sulfone groups is 1. The van der Waals surface area contributed by atoms with Crippen molar-refractivity contribution in [3.8, 4) is 0 Å². The molecule has 0 aliphatic heterocycles. The maximum Gasteiger partial charge on any atom is 0.174 e. The van der Waals surface area contributed by atoms with Crippen LogP contribution in [0.3, 0.4) is 0 Å². The highest BCUT2D eigenvalue weighted by molar-refractivity contribution is 7.94. The van der Waals surface area contributed by atoms with Gasteiger partial charge in [-0.15, -0.1) is 0 Å². The molecule has 0 radical (unpaired) electrons. The SMILES string of the molecule is C=C(C)/C=C\C(=C)S(C)(=O)=O.CC. The maximum atomic E-state index is 10.8. The molecule has 0 aliphatic rings. The lowest BCUT2D eigenvalue weighted by atomic mass is 10.3. The molecule has 13 heavy (non-hydrogen) atoms. The van der Waals surface area contributed by atoms with Gasteiger partial charge in [0.25, 0.3) is 0 Å². The number of rotatable bonds is 3. The van der Waals surface area contributed by atoms with Crippen molar-refractivity contribution in [1.29, 1.82) is 0 Å². The Balaban J connectivity index is 0. The molecule has 0 fully saturated rings. The van der Waals surface area contributed by atoms with Crippen molar-refractivity contribution < 1.29 is 8.42 Å². The summed E-state index contributed by atoms with van der Waals surface area (Å²) in [6, 6.07) is 0. The molecule has 0 rings (SSSR count). The highest BCUT2D eigenvalue weighted by Gasteiger charge is 2.02. The van der Waals surface area contributed by atoms with Crippen LogP contribution in [0.1, 0.15) is 20.8 Å². The van der Waals surface area contributed by atoms with Gasteiger partial charge in [0, 0.05) is 6.26 Å². The van der Waals surface area contributed by atoms with Gasteiger partial charge in [0.2, 0.25) is 0 Å². The molecule has 0 heterocycles. The number of hydrogen-bond donors (Lipinski definition) is 0. The molecule has 76 valence electrons. The van der Waals surface area contributed by atoms with Crippen LogP contribution in [0.4, 0.5) is 0 Å². The minimum atomic E-state index is -3.12. The second kappa shape index (κ2) is 6.66. The summed E-state index contributed by atoms with van der Waals surface area (Å²) in [4.78, 5) is 0.112. The zero-order valence-corrected chi connectivity index (χ0v) is 9.61. The molecule has 0 aromatic rings. The fraction of sp³-hybridized carbons (Fsp3) is 0.400. The summed E-state index contributed by atoms with van der Waals surface area (Å²) < 4.78 is 21.5. The fourth-order valence-corrected chi connectivity index (χ4v) is 0.674. The third kappa shape index (κ3) is 9.08. The van der Waals surface area contributed by atoms with E-state index < -0.39 is 9.84 Å². The molecule has 0 amide bonds. The van der Waals surface area contributed by atoms with Crippen LogP contribution in [0.5, 0.6) is 0 Å². The summed E-state index contributed by atoms with van der Waals surface area (Å²) in [5.74, 6) is 0. The quantitative estimate of drug-likeness (QED) is 0.659. The molecule has 0 aromatic heterocycles. The van der Waals surface area contributed by atoms with E-state index in [1.165, 1.54) is 6.08 Å². The van der Waals surface area contributed by atoms with E-state index in [1.54, 1.807) is 13.0 Å². The third-order valence-corrected chi connectivity index (χ3v) is 2.12. The molecule has 2 nitrogen and oxygen atoms in total. The highest BCUT2D eigenvalue weighted by atomic mass is 32.2. The van der Waals surface area contributed by atoms with Gasteiger partial charge in [0.05, 0.1) is 4.91 Å². The zero-order valence-electron chi connectivity index (χ0n) is 8.79. The second-order valence-corrected chi connectivity index (χ2v) is 4.49. The Hall–Kier alpha value is -0.830. The normalized spacial score (nSPS) is 10.5. The molecule has 0 unspecified atom stereocenters. The van der Waals surface area contributed by atoms with Crippen molar-refractivity contribution >= 4 is 9.84 Å². The molecule has 0 atom stereocenters. The van der Waals surface area contributed by atoms with Crippen LogP contribution in [-0.2, 0) is 9.84 Å². The average molecular weight is 202 g/mol. The van der Waals surface area contributed by atoms with Crippen LogP contribution < -0.4 is 0 Å². The van der Waals surface area contributed by atoms with Crippen molar-refractivity contribution in [3.05, 3.63) is 35.8 Å². The lowest BCUT2D eigenvalue weighted by molar-refractivity contribution is 0.608. The summed E-state index contributed by atoms with van der Waals surface area (Å²) in [7, 11) is -3.12. The first-order valence-corrected chi connectivity index (χ1v) is 5.95. The zero-order chi connectivity index (χ0) is 11.1. The lowest BCUT2D eigenvalue weighted by Gasteiger charge is -1.93. The Labute approximate surface area is 81.6 Å². The molecule has 0 aliphatic carbocycles. The largest absolute Gasteiger partial charge is 0.224 e. The van der Waals surface area contributed by atoms with Crippen LogP contribution in [0.2, 0.25) is 0 Å². The van der Waals surface area contributed by atoms with Crippen molar-refractivity contribution in [3.63, 3.8) is 0 Å². The van der Waals surface area contributed by atoms with Crippen LogP contribution >= 0.6 is 0 Å². The first-order chi connectivity index (χ1) is 5.84. The smallest absolute Gasteiger partial charge is 0.174 e. The van der Waals surface area contributed by atoms with Gasteiger partial charge in [-0.25, -0.2) is 8.42 Å². The molecule has 0 bridgehead atoms. The van der Waals surface area contributed by atoms with Crippen molar-refractivity contribution in [2.75, 3.05) is 6.26 Å². The Morgan fingerprint density at radius 1 is 1.15 bits per heavy atom. The molecule has 0 aromatic carbocycles. The lowest BCUT2D eigenvalue weighted by Crippen LogP contribution is -1.95. The number of allylic oxidation sites excluding steroid dienone is 3. The van der Waals surface area contributed by atoms with Gasteiger partial charge in [0.15, 0.2) is 9.84 Å². The van der Waals surface area contributed by atoms with E-state index in [-0.39, 0.29) is 4.91 Å². The Kier molecular flexibility index (Phi) is 7.52. The summed E-state index contributed by atoms with van der Waals surface area (Å²) in [6.45, 7) is 12.8. The summed E-state index contributed by atoms with van der Waals surface area (Å²) in [5, 5.41) is 0. The summed E-state index contributed by atoms with van der Waals surface area (Å²) in [5.41, 5.74) is 0.801. The molecular formula is C10H18O2S. The van der Waals surface area contributed by atoms with Gasteiger partial charge < -0.3 is 0 Å². The Bertz CT molecular complexity index is 295. The van der Waals surface area contributed by atoms with Gasteiger partial charge in [0.1, 0.15) is 0 Å². The second-order valence-electron chi connectivity index (χ2n) is 2.42. The predicted molar refractivity (Wildman–Crippen MR) is 59.3 cm³/mol. The van der Waals surface area contributed by atoms with Crippen molar-refractivity contribution in [1.82, 2.24) is 0 Å². The van der Waals surface area contributed by atoms with Gasteiger partial charge >= 0.3 is 0 Å². The van der Waals surface area contributed by atoms with Gasteiger partial charge in [-0.2, -0.15) is 0 Å². The third-order valence-electron chi connectivity index (χ3n) is 1.03. The van der Waals surface area contributed by atoms with Crippen molar-refractivity contribution in [2.24, 2.45) is 0 Å². The monoisotopic (exact) mass is 202 g/mol. The maximum absolute atomic E-state index is 10.8. The van der Waals surface area contributed by atoms with Crippen LogP contribution in [0, 0.1) is 0 Å².